The standard InChI is InChI=1S/C27H33N7O4/c28-20(12-18-14-32-21-9-4-3-8-19(18)21)25(36)34-15-17-7-2-1-6-16(17)13-23(34)24(35)33-22(26(37)38)10-5-11-31-27(29)30/h1-4,6-9,14,20,22-23,32H,5,10-13,15,28H2,(H,33,35)(H,37,38)(H4,29,30,31)/t20-,22-,23-/m0/s1. The molecular formula is C27H33N7O4. The minimum Gasteiger partial charge on any atom is -0.480 e. The minimum absolute atomic E-state index is 0.0834. The molecule has 0 unspecified atom stereocenters. The molecular weight excluding hydrogens is 486 g/mol. The second kappa shape index (κ2) is 11.8. The number of hydrogen-bond donors (Lipinski definition) is 6. The first-order valence-electron chi connectivity index (χ1n) is 12.5. The van der Waals surface area contributed by atoms with Gasteiger partial charge in [0.05, 0.1) is 6.04 Å². The van der Waals surface area contributed by atoms with Gasteiger partial charge in [0, 0.05) is 36.6 Å². The van der Waals surface area contributed by atoms with Crippen LogP contribution in [0.4, 0.5) is 0 Å². The van der Waals surface area contributed by atoms with E-state index in [0.29, 0.717) is 6.42 Å². The molecule has 9 N–H and O–H groups in total. The lowest BCUT2D eigenvalue weighted by atomic mass is 9.92. The predicted molar refractivity (Wildman–Crippen MR) is 144 cm³/mol. The van der Waals surface area contributed by atoms with Crippen molar-refractivity contribution in [2.24, 2.45) is 22.2 Å². The summed E-state index contributed by atoms with van der Waals surface area (Å²) in [5, 5.41) is 13.3. The minimum atomic E-state index is -1.17. The highest BCUT2D eigenvalue weighted by molar-refractivity contribution is 5.93. The van der Waals surface area contributed by atoms with E-state index >= 15 is 0 Å². The van der Waals surface area contributed by atoms with E-state index in [1.54, 1.807) is 0 Å². The van der Waals surface area contributed by atoms with Crippen molar-refractivity contribution in [2.75, 3.05) is 6.54 Å². The smallest absolute Gasteiger partial charge is 0.326 e. The molecule has 0 aliphatic carbocycles. The van der Waals surface area contributed by atoms with Crippen molar-refractivity contribution in [2.45, 2.75) is 50.4 Å². The van der Waals surface area contributed by atoms with Gasteiger partial charge in [0.1, 0.15) is 12.1 Å². The van der Waals surface area contributed by atoms with E-state index in [0.717, 1.165) is 27.6 Å². The first-order chi connectivity index (χ1) is 18.2. The second-order valence-corrected chi connectivity index (χ2v) is 9.47. The number of H-pyrrole nitrogens is 1. The Labute approximate surface area is 220 Å². The van der Waals surface area contributed by atoms with Crippen LogP contribution >= 0.6 is 0 Å². The maximum absolute atomic E-state index is 13.6. The van der Waals surface area contributed by atoms with Gasteiger partial charge in [-0.15, -0.1) is 0 Å². The zero-order chi connectivity index (χ0) is 27.2. The fraction of sp³-hybridized carbons (Fsp3) is 0.333. The van der Waals surface area contributed by atoms with E-state index in [2.05, 4.69) is 15.3 Å². The van der Waals surface area contributed by atoms with Crippen LogP contribution in [0, 0.1) is 0 Å². The maximum Gasteiger partial charge on any atom is 0.326 e. The van der Waals surface area contributed by atoms with Crippen molar-refractivity contribution < 1.29 is 19.5 Å². The van der Waals surface area contributed by atoms with Crippen molar-refractivity contribution in [3.8, 4) is 0 Å². The molecule has 200 valence electrons. The van der Waals surface area contributed by atoms with E-state index in [1.165, 1.54) is 4.90 Å². The normalized spacial score (nSPS) is 16.3. The number of guanidine groups is 1. The number of carbonyl (C=O) groups excluding carboxylic acids is 2. The molecule has 0 saturated carbocycles. The number of aliphatic carboxylic acids is 1. The van der Waals surface area contributed by atoms with Gasteiger partial charge in [0.15, 0.2) is 5.96 Å². The molecule has 1 aromatic heterocycles. The average molecular weight is 520 g/mol. The number of nitrogens with two attached hydrogens (primary N) is 3. The lowest BCUT2D eigenvalue weighted by molar-refractivity contribution is -0.146. The molecule has 3 aromatic rings. The highest BCUT2D eigenvalue weighted by Gasteiger charge is 2.38. The van der Waals surface area contributed by atoms with Crippen LogP contribution < -0.4 is 22.5 Å². The van der Waals surface area contributed by atoms with Gasteiger partial charge in [-0.1, -0.05) is 42.5 Å². The molecule has 1 aliphatic rings. The third kappa shape index (κ3) is 6.12. The van der Waals surface area contributed by atoms with Gasteiger partial charge >= 0.3 is 5.97 Å². The summed E-state index contributed by atoms with van der Waals surface area (Å²) in [5.74, 6) is -2.17. The summed E-state index contributed by atoms with van der Waals surface area (Å²) in [6.45, 7) is 0.447. The zero-order valence-electron chi connectivity index (χ0n) is 21.0. The number of benzene rings is 2. The number of carboxylic acid groups (broad SMARTS) is 1. The number of para-hydroxylation sites is 1. The quantitative estimate of drug-likeness (QED) is 0.128. The number of carboxylic acids is 1. The summed E-state index contributed by atoms with van der Waals surface area (Å²) < 4.78 is 0. The lowest BCUT2D eigenvalue weighted by Crippen LogP contribution is -2.58. The molecule has 4 rings (SSSR count). The highest BCUT2D eigenvalue weighted by Crippen LogP contribution is 2.26. The first kappa shape index (κ1) is 26.7. The fourth-order valence-corrected chi connectivity index (χ4v) is 4.86. The maximum atomic E-state index is 13.6. The van der Waals surface area contributed by atoms with Crippen molar-refractivity contribution in [1.82, 2.24) is 15.2 Å². The van der Waals surface area contributed by atoms with Gasteiger partial charge in [-0.25, -0.2) is 4.79 Å². The molecule has 0 radical (unpaired) electrons. The van der Waals surface area contributed by atoms with Crippen LogP contribution in [0.15, 0.2) is 59.7 Å². The summed E-state index contributed by atoms with van der Waals surface area (Å²) in [4.78, 5) is 47.4. The number of fused-ring (bicyclic) bond motifs is 2. The van der Waals surface area contributed by atoms with Crippen LogP contribution in [0.25, 0.3) is 10.9 Å². The van der Waals surface area contributed by atoms with Gasteiger partial charge in [0.25, 0.3) is 0 Å². The van der Waals surface area contributed by atoms with Gasteiger partial charge in [-0.2, -0.15) is 0 Å². The molecule has 11 heteroatoms. The van der Waals surface area contributed by atoms with Crippen LogP contribution in [0.3, 0.4) is 0 Å². The van der Waals surface area contributed by atoms with Crippen molar-refractivity contribution in [3.63, 3.8) is 0 Å². The number of nitrogens with zero attached hydrogens (tertiary/aromatic N) is 2. The van der Waals surface area contributed by atoms with E-state index in [-0.39, 0.29) is 44.2 Å². The Morgan fingerprint density at radius 2 is 1.82 bits per heavy atom. The molecule has 2 amide bonds. The molecule has 2 heterocycles. The van der Waals surface area contributed by atoms with E-state index in [9.17, 15) is 19.5 Å². The summed E-state index contributed by atoms with van der Waals surface area (Å²) in [6, 6.07) is 12.4. The lowest BCUT2D eigenvalue weighted by Gasteiger charge is -2.37. The Morgan fingerprint density at radius 3 is 2.55 bits per heavy atom. The third-order valence-corrected chi connectivity index (χ3v) is 6.83. The molecule has 0 bridgehead atoms. The van der Waals surface area contributed by atoms with Crippen LogP contribution in [0.5, 0.6) is 0 Å². The Kier molecular flexibility index (Phi) is 8.27. The number of carbonyl (C=O) groups is 3. The number of aromatic amines is 1. The number of aliphatic imine (C=N–C) groups is 1. The van der Waals surface area contributed by atoms with Gasteiger partial charge in [-0.05, 0) is 42.0 Å². The van der Waals surface area contributed by atoms with Crippen LogP contribution in [0.1, 0.15) is 29.5 Å². The summed E-state index contributed by atoms with van der Waals surface area (Å²) in [7, 11) is 0. The molecule has 0 spiro atoms. The molecule has 38 heavy (non-hydrogen) atoms. The summed E-state index contributed by atoms with van der Waals surface area (Å²) >= 11 is 0. The van der Waals surface area contributed by atoms with E-state index in [1.807, 2.05) is 54.7 Å². The number of nitrogens with one attached hydrogen (secondary N) is 2. The zero-order valence-corrected chi connectivity index (χ0v) is 21.0. The first-order valence-corrected chi connectivity index (χ1v) is 12.5. The van der Waals surface area contributed by atoms with E-state index < -0.39 is 30.0 Å². The van der Waals surface area contributed by atoms with E-state index in [4.69, 9.17) is 17.2 Å². The summed E-state index contributed by atoms with van der Waals surface area (Å²) in [5.41, 5.74) is 20.8. The number of amides is 2. The fourth-order valence-electron chi connectivity index (χ4n) is 4.86. The molecule has 0 fully saturated rings. The van der Waals surface area contributed by atoms with Crippen LogP contribution in [0.2, 0.25) is 0 Å². The molecule has 3 atom stereocenters. The monoisotopic (exact) mass is 519 g/mol. The Morgan fingerprint density at radius 1 is 1.11 bits per heavy atom. The Hall–Kier alpha value is -4.38. The highest BCUT2D eigenvalue weighted by atomic mass is 16.4. The van der Waals surface area contributed by atoms with Gasteiger partial charge in [-0.3, -0.25) is 14.6 Å². The molecule has 0 saturated heterocycles. The predicted octanol–water partition coefficient (Wildman–Crippen LogP) is 0.614. The topological polar surface area (TPSA) is 193 Å². The van der Waals surface area contributed by atoms with Crippen LogP contribution in [-0.4, -0.2) is 63.4 Å². The SMILES string of the molecule is NC(N)=NCCC[C@H](NC(=O)[C@@H]1Cc2ccccc2CN1C(=O)[C@@H](N)Cc1c[nH]c2ccccc12)C(=O)O. The Balaban J connectivity index is 1.52. The van der Waals surface area contributed by atoms with Crippen molar-refractivity contribution >= 4 is 34.6 Å². The van der Waals surface area contributed by atoms with Gasteiger partial charge < -0.3 is 37.5 Å². The number of rotatable bonds is 10. The van der Waals surface area contributed by atoms with Crippen molar-refractivity contribution in [1.29, 1.82) is 0 Å². The van der Waals surface area contributed by atoms with Crippen LogP contribution in [-0.2, 0) is 33.8 Å². The molecule has 2 aromatic carbocycles. The average Bonchev–Trinajstić information content (AvgIpc) is 3.31. The molecule has 1 aliphatic heterocycles. The summed E-state index contributed by atoms with van der Waals surface area (Å²) in [6.07, 6.45) is 2.88. The number of hydrogen-bond acceptors (Lipinski definition) is 5. The number of aromatic nitrogens is 1. The Bertz CT molecular complexity index is 1350. The third-order valence-electron chi connectivity index (χ3n) is 6.83. The second-order valence-electron chi connectivity index (χ2n) is 9.47. The van der Waals surface area contributed by atoms with Crippen molar-refractivity contribution in [3.05, 3.63) is 71.4 Å². The van der Waals surface area contributed by atoms with Gasteiger partial charge in [0.2, 0.25) is 11.8 Å². The molecule has 11 nitrogen and oxygen atoms in total. The largest absolute Gasteiger partial charge is 0.480 e.